The van der Waals surface area contributed by atoms with Gasteiger partial charge in [0.15, 0.2) is 0 Å². The number of hydrogen-bond acceptors (Lipinski definition) is 2. The predicted molar refractivity (Wildman–Crippen MR) is 111 cm³/mol. The van der Waals surface area contributed by atoms with Crippen molar-refractivity contribution in [1.82, 2.24) is 14.4 Å². The summed E-state index contributed by atoms with van der Waals surface area (Å²) >= 11 is 0. The molecule has 152 valence electrons. The lowest BCUT2D eigenvalue weighted by Crippen LogP contribution is -2.66. The summed E-state index contributed by atoms with van der Waals surface area (Å²) in [4.78, 5) is 30.3. The molecule has 29 heavy (non-hydrogen) atoms. The molecule has 1 aromatic carbocycles. The summed E-state index contributed by atoms with van der Waals surface area (Å²) in [5, 5.41) is 0. The fourth-order valence-electron chi connectivity index (χ4n) is 5.87. The van der Waals surface area contributed by atoms with Crippen molar-refractivity contribution in [3.05, 3.63) is 59.9 Å². The summed E-state index contributed by atoms with van der Waals surface area (Å²) < 4.78 is 1.88. The molecular weight excluding hydrogens is 362 g/mol. The Hall–Kier alpha value is -2.56. The van der Waals surface area contributed by atoms with Gasteiger partial charge in [-0.2, -0.15) is 0 Å². The summed E-state index contributed by atoms with van der Waals surface area (Å²) in [6.07, 6.45) is 7.99. The maximum absolute atomic E-state index is 13.4. The zero-order valence-electron chi connectivity index (χ0n) is 17.1. The molecule has 0 bridgehead atoms. The molecule has 1 spiro atoms. The molecule has 1 saturated carbocycles. The fourth-order valence-corrected chi connectivity index (χ4v) is 5.87. The minimum absolute atomic E-state index is 0.0951. The molecule has 1 unspecified atom stereocenters. The topological polar surface area (TPSA) is 45.6 Å². The highest BCUT2D eigenvalue weighted by atomic mass is 16.2. The van der Waals surface area contributed by atoms with Gasteiger partial charge in [0.25, 0.3) is 5.91 Å². The van der Waals surface area contributed by atoms with Crippen molar-refractivity contribution < 1.29 is 9.59 Å². The molecule has 2 aromatic rings. The highest BCUT2D eigenvalue weighted by Crippen LogP contribution is 2.60. The van der Waals surface area contributed by atoms with Crippen LogP contribution in [0.1, 0.15) is 60.6 Å². The first kappa shape index (κ1) is 18.5. The first-order valence-electron chi connectivity index (χ1n) is 10.9. The zero-order chi connectivity index (χ0) is 20.0. The van der Waals surface area contributed by atoms with Crippen LogP contribution in [0.25, 0.3) is 0 Å². The number of β-lactam (4-membered cyclic amide) rings is 1. The van der Waals surface area contributed by atoms with Crippen molar-refractivity contribution in [1.29, 1.82) is 0 Å². The van der Waals surface area contributed by atoms with Gasteiger partial charge < -0.3 is 14.4 Å². The average molecular weight is 392 g/mol. The third-order valence-electron chi connectivity index (χ3n) is 7.38. The molecule has 0 radical (unpaired) electrons. The first-order chi connectivity index (χ1) is 14.1. The molecule has 3 fully saturated rings. The van der Waals surface area contributed by atoms with E-state index in [1.165, 1.54) is 5.56 Å². The summed E-state index contributed by atoms with van der Waals surface area (Å²) in [7, 11) is 1.91. The minimum atomic E-state index is -0.169. The van der Waals surface area contributed by atoms with Crippen LogP contribution in [0.15, 0.2) is 48.7 Å². The van der Waals surface area contributed by atoms with E-state index >= 15 is 0 Å². The standard InChI is InChI=1S/C24H29N3O2/c1-25-15-7-10-20(25)22(28)26-16-11-19(12-17-26)27-21(18-8-3-2-4-9-18)24(23(27)29)13-5-6-14-24/h2-4,7-10,15,19,21H,5-6,11-14,16-17H2,1H3. The Labute approximate surface area is 172 Å². The van der Waals surface area contributed by atoms with Gasteiger partial charge in [-0.1, -0.05) is 43.2 Å². The van der Waals surface area contributed by atoms with E-state index in [1.54, 1.807) is 0 Å². The number of amides is 2. The van der Waals surface area contributed by atoms with Gasteiger partial charge in [-0.25, -0.2) is 0 Å². The molecule has 2 amide bonds. The summed E-state index contributed by atoms with van der Waals surface area (Å²) in [6.45, 7) is 1.43. The molecule has 2 saturated heterocycles. The molecule has 1 aromatic heterocycles. The highest BCUT2D eigenvalue weighted by molar-refractivity contribution is 5.93. The van der Waals surface area contributed by atoms with Crippen LogP contribution in [-0.2, 0) is 11.8 Å². The maximum atomic E-state index is 13.4. The number of piperidine rings is 1. The van der Waals surface area contributed by atoms with Crippen LogP contribution in [0.2, 0.25) is 0 Å². The third-order valence-corrected chi connectivity index (χ3v) is 7.38. The molecule has 5 nitrogen and oxygen atoms in total. The number of nitrogens with zero attached hydrogens (tertiary/aromatic N) is 3. The van der Waals surface area contributed by atoms with Gasteiger partial charge in [0.2, 0.25) is 5.91 Å². The monoisotopic (exact) mass is 391 g/mol. The van der Waals surface area contributed by atoms with Crippen LogP contribution >= 0.6 is 0 Å². The van der Waals surface area contributed by atoms with Gasteiger partial charge in [0, 0.05) is 32.4 Å². The van der Waals surface area contributed by atoms with Crippen LogP contribution in [0.5, 0.6) is 0 Å². The van der Waals surface area contributed by atoms with E-state index in [0.717, 1.165) is 44.2 Å². The number of aryl methyl sites for hydroxylation is 1. The molecule has 3 aliphatic rings. The van der Waals surface area contributed by atoms with E-state index in [9.17, 15) is 9.59 Å². The van der Waals surface area contributed by atoms with Crippen molar-refractivity contribution in [3.63, 3.8) is 0 Å². The van der Waals surface area contributed by atoms with Crippen molar-refractivity contribution in [2.45, 2.75) is 50.6 Å². The zero-order valence-corrected chi connectivity index (χ0v) is 17.1. The molecule has 3 heterocycles. The van der Waals surface area contributed by atoms with Gasteiger partial charge in [-0.3, -0.25) is 9.59 Å². The van der Waals surface area contributed by atoms with Crippen LogP contribution in [0.4, 0.5) is 0 Å². The van der Waals surface area contributed by atoms with E-state index in [0.29, 0.717) is 19.0 Å². The molecule has 2 aliphatic heterocycles. The number of aromatic nitrogens is 1. The average Bonchev–Trinajstić information content (AvgIpc) is 3.42. The molecular formula is C24H29N3O2. The van der Waals surface area contributed by atoms with Crippen molar-refractivity contribution in [3.8, 4) is 0 Å². The van der Waals surface area contributed by atoms with Crippen LogP contribution in [-0.4, -0.2) is 45.3 Å². The largest absolute Gasteiger partial charge is 0.347 e. The van der Waals surface area contributed by atoms with Gasteiger partial charge in [0.05, 0.1) is 11.5 Å². The minimum Gasteiger partial charge on any atom is -0.347 e. The van der Waals surface area contributed by atoms with E-state index < -0.39 is 0 Å². The van der Waals surface area contributed by atoms with E-state index in [-0.39, 0.29) is 23.4 Å². The maximum Gasteiger partial charge on any atom is 0.270 e. The number of rotatable bonds is 3. The Morgan fingerprint density at radius 2 is 1.69 bits per heavy atom. The lowest BCUT2D eigenvalue weighted by Gasteiger charge is -2.59. The van der Waals surface area contributed by atoms with E-state index in [1.807, 2.05) is 40.9 Å². The lowest BCUT2D eigenvalue weighted by molar-refractivity contribution is -0.180. The number of carbonyl (C=O) groups is 2. The molecule has 1 atom stereocenters. The Balaban J connectivity index is 1.33. The second-order valence-electron chi connectivity index (χ2n) is 8.92. The molecule has 5 rings (SSSR count). The second-order valence-corrected chi connectivity index (χ2v) is 8.92. The first-order valence-corrected chi connectivity index (χ1v) is 10.9. The number of carbonyl (C=O) groups excluding carboxylic acids is 2. The number of benzene rings is 1. The van der Waals surface area contributed by atoms with Crippen molar-refractivity contribution >= 4 is 11.8 Å². The summed E-state index contributed by atoms with van der Waals surface area (Å²) in [5.41, 5.74) is 1.84. The van der Waals surface area contributed by atoms with E-state index in [2.05, 4.69) is 29.2 Å². The van der Waals surface area contributed by atoms with Crippen LogP contribution in [0.3, 0.4) is 0 Å². The quantitative estimate of drug-likeness (QED) is 0.748. The Morgan fingerprint density at radius 1 is 1.00 bits per heavy atom. The molecule has 5 heteroatoms. The Kier molecular flexibility index (Phi) is 4.49. The van der Waals surface area contributed by atoms with Gasteiger partial charge in [0.1, 0.15) is 5.69 Å². The number of hydrogen-bond donors (Lipinski definition) is 0. The third kappa shape index (κ3) is 2.82. The second kappa shape index (κ2) is 7.05. The summed E-state index contributed by atoms with van der Waals surface area (Å²) in [6, 6.07) is 14.8. The Bertz CT molecular complexity index is 905. The smallest absolute Gasteiger partial charge is 0.270 e. The van der Waals surface area contributed by atoms with Crippen molar-refractivity contribution in [2.75, 3.05) is 13.1 Å². The van der Waals surface area contributed by atoms with Crippen LogP contribution in [0, 0.1) is 5.41 Å². The SMILES string of the molecule is Cn1cccc1C(=O)N1CCC(N2C(=O)C3(CCCC3)C2c2ccccc2)CC1. The molecule has 1 aliphatic carbocycles. The highest BCUT2D eigenvalue weighted by Gasteiger charge is 2.63. The van der Waals surface area contributed by atoms with E-state index in [4.69, 9.17) is 0 Å². The predicted octanol–water partition coefficient (Wildman–Crippen LogP) is 3.77. The van der Waals surface area contributed by atoms with Crippen LogP contribution < -0.4 is 0 Å². The number of likely N-dealkylation sites (tertiary alicyclic amines) is 2. The molecule has 0 N–H and O–H groups in total. The van der Waals surface area contributed by atoms with Gasteiger partial charge >= 0.3 is 0 Å². The van der Waals surface area contributed by atoms with Gasteiger partial charge in [-0.15, -0.1) is 0 Å². The van der Waals surface area contributed by atoms with Crippen molar-refractivity contribution in [2.24, 2.45) is 12.5 Å². The fraction of sp³-hybridized carbons (Fsp3) is 0.500. The lowest BCUT2D eigenvalue weighted by atomic mass is 9.65. The normalized spacial score (nSPS) is 24.2. The van der Waals surface area contributed by atoms with Gasteiger partial charge in [-0.05, 0) is 43.4 Å². The Morgan fingerprint density at radius 3 is 2.31 bits per heavy atom. The summed E-state index contributed by atoms with van der Waals surface area (Å²) in [5.74, 6) is 0.453.